The van der Waals surface area contributed by atoms with Crippen molar-refractivity contribution in [2.24, 2.45) is 14.1 Å². The molecule has 0 aliphatic carbocycles. The molecule has 0 radical (unpaired) electrons. The van der Waals surface area contributed by atoms with E-state index in [9.17, 15) is 14.4 Å². The smallest absolute Gasteiger partial charge is 0.330 e. The molecule has 1 heterocycles. The number of nitrogens with zero attached hydrogens (tertiary/aromatic N) is 3. The van der Waals surface area contributed by atoms with Gasteiger partial charge in [-0.05, 0) is 14.1 Å². The van der Waals surface area contributed by atoms with Crippen molar-refractivity contribution < 1.29 is 4.79 Å². The van der Waals surface area contributed by atoms with Gasteiger partial charge in [0.05, 0.1) is 0 Å². The molecule has 0 fully saturated rings. The summed E-state index contributed by atoms with van der Waals surface area (Å²) in [5.74, 6) is -0.465. The van der Waals surface area contributed by atoms with Gasteiger partial charge in [-0.25, -0.2) is 4.79 Å². The van der Waals surface area contributed by atoms with E-state index in [0.717, 1.165) is 4.57 Å². The molecule has 0 saturated heterocycles. The second-order valence-electron chi connectivity index (χ2n) is 4.36. The zero-order valence-electron chi connectivity index (χ0n) is 11.1. The van der Waals surface area contributed by atoms with E-state index in [2.05, 4.69) is 5.32 Å². The lowest BCUT2D eigenvalue weighted by atomic mass is 10.3. The third-order valence-electron chi connectivity index (χ3n) is 2.54. The van der Waals surface area contributed by atoms with Crippen LogP contribution in [0.1, 0.15) is 10.4 Å². The van der Waals surface area contributed by atoms with Crippen LogP contribution in [0, 0.1) is 0 Å². The van der Waals surface area contributed by atoms with Gasteiger partial charge in [0.15, 0.2) is 0 Å². The second-order valence-corrected chi connectivity index (χ2v) is 4.36. The summed E-state index contributed by atoms with van der Waals surface area (Å²) in [5, 5.41) is 2.64. The van der Waals surface area contributed by atoms with Crippen LogP contribution in [-0.4, -0.2) is 47.1 Å². The molecule has 1 rings (SSSR count). The molecule has 1 amide bonds. The molecular weight excluding hydrogens is 236 g/mol. The fraction of sp³-hybridized carbons (Fsp3) is 0.545. The van der Waals surface area contributed by atoms with Gasteiger partial charge < -0.3 is 14.8 Å². The van der Waals surface area contributed by atoms with Gasteiger partial charge >= 0.3 is 5.69 Å². The van der Waals surface area contributed by atoms with Gasteiger partial charge in [0.1, 0.15) is 5.56 Å². The van der Waals surface area contributed by atoms with Gasteiger partial charge in [0.25, 0.3) is 11.5 Å². The predicted molar refractivity (Wildman–Crippen MR) is 67.8 cm³/mol. The molecule has 18 heavy (non-hydrogen) atoms. The van der Waals surface area contributed by atoms with E-state index in [0.29, 0.717) is 13.1 Å². The van der Waals surface area contributed by atoms with E-state index in [-0.39, 0.29) is 5.56 Å². The van der Waals surface area contributed by atoms with Crippen molar-refractivity contribution in [2.75, 3.05) is 27.2 Å². The number of hydrogen-bond acceptors (Lipinski definition) is 4. The standard InChI is InChI=1S/C11H18N4O3/c1-13(2)6-5-12-9(16)8-7-14(3)11(18)15(4)10(8)17/h7H,5-6H2,1-4H3,(H,12,16). The van der Waals surface area contributed by atoms with Crippen LogP contribution in [0.2, 0.25) is 0 Å². The number of amides is 1. The molecule has 0 atom stereocenters. The van der Waals surface area contributed by atoms with Crippen molar-refractivity contribution in [3.05, 3.63) is 32.6 Å². The number of aryl methyl sites for hydroxylation is 1. The van der Waals surface area contributed by atoms with E-state index < -0.39 is 17.2 Å². The van der Waals surface area contributed by atoms with Gasteiger partial charge in [-0.3, -0.25) is 14.2 Å². The van der Waals surface area contributed by atoms with E-state index in [4.69, 9.17) is 0 Å². The van der Waals surface area contributed by atoms with Crippen LogP contribution in [0.25, 0.3) is 0 Å². The maximum absolute atomic E-state index is 11.8. The summed E-state index contributed by atoms with van der Waals surface area (Å²) in [6.07, 6.45) is 1.26. The largest absolute Gasteiger partial charge is 0.351 e. The highest BCUT2D eigenvalue weighted by molar-refractivity contribution is 5.93. The van der Waals surface area contributed by atoms with Gasteiger partial charge in [0.2, 0.25) is 0 Å². The summed E-state index contributed by atoms with van der Waals surface area (Å²) >= 11 is 0. The number of carbonyl (C=O) groups excluding carboxylic acids is 1. The van der Waals surface area contributed by atoms with Crippen LogP contribution >= 0.6 is 0 Å². The maximum atomic E-state index is 11.8. The molecule has 0 saturated carbocycles. The lowest BCUT2D eigenvalue weighted by molar-refractivity contribution is 0.0948. The van der Waals surface area contributed by atoms with Crippen molar-refractivity contribution in [3.63, 3.8) is 0 Å². The Morgan fingerprint density at radius 2 is 1.94 bits per heavy atom. The first-order valence-electron chi connectivity index (χ1n) is 5.54. The highest BCUT2D eigenvalue weighted by atomic mass is 16.2. The van der Waals surface area contributed by atoms with Crippen LogP contribution < -0.4 is 16.6 Å². The predicted octanol–water partition coefficient (Wildman–Crippen LogP) is -1.62. The number of carbonyl (C=O) groups is 1. The fourth-order valence-electron chi connectivity index (χ4n) is 1.45. The summed E-state index contributed by atoms with van der Waals surface area (Å²) in [6.45, 7) is 1.12. The van der Waals surface area contributed by atoms with E-state index in [1.165, 1.54) is 24.9 Å². The average molecular weight is 254 g/mol. The third kappa shape index (κ3) is 3.07. The Balaban J connectivity index is 2.94. The molecule has 0 bridgehead atoms. The van der Waals surface area contributed by atoms with E-state index in [1.54, 1.807) is 0 Å². The Morgan fingerprint density at radius 1 is 1.33 bits per heavy atom. The summed E-state index contributed by atoms with van der Waals surface area (Å²) < 4.78 is 2.13. The first-order valence-corrected chi connectivity index (χ1v) is 5.54. The molecule has 0 unspecified atom stereocenters. The molecule has 1 aromatic rings. The van der Waals surface area contributed by atoms with Crippen molar-refractivity contribution in [1.29, 1.82) is 0 Å². The summed E-state index contributed by atoms with van der Waals surface area (Å²) in [6, 6.07) is 0. The van der Waals surface area contributed by atoms with Gasteiger partial charge in [-0.1, -0.05) is 0 Å². The lowest BCUT2D eigenvalue weighted by Gasteiger charge is -2.11. The molecule has 7 nitrogen and oxygen atoms in total. The van der Waals surface area contributed by atoms with Crippen molar-refractivity contribution in [2.45, 2.75) is 0 Å². The van der Waals surface area contributed by atoms with E-state index in [1.807, 2.05) is 19.0 Å². The van der Waals surface area contributed by atoms with E-state index >= 15 is 0 Å². The minimum absolute atomic E-state index is 0.0293. The van der Waals surface area contributed by atoms with Crippen molar-refractivity contribution in [3.8, 4) is 0 Å². The van der Waals surface area contributed by atoms with Crippen LogP contribution in [0.15, 0.2) is 15.8 Å². The highest BCUT2D eigenvalue weighted by Gasteiger charge is 2.13. The zero-order valence-corrected chi connectivity index (χ0v) is 11.1. The SMILES string of the molecule is CN(C)CCNC(=O)c1cn(C)c(=O)n(C)c1=O. The molecule has 0 spiro atoms. The molecular formula is C11H18N4O3. The first kappa shape index (κ1) is 14.2. The third-order valence-corrected chi connectivity index (χ3v) is 2.54. The van der Waals surface area contributed by atoms with Crippen LogP contribution in [-0.2, 0) is 14.1 Å². The normalized spacial score (nSPS) is 10.7. The topological polar surface area (TPSA) is 76.3 Å². The Bertz CT molecular complexity index is 556. The quantitative estimate of drug-likeness (QED) is 0.700. The summed E-state index contributed by atoms with van der Waals surface area (Å²) in [5.41, 5.74) is -1.07. The minimum atomic E-state index is -0.583. The number of hydrogen-bond donors (Lipinski definition) is 1. The Kier molecular flexibility index (Phi) is 4.43. The Morgan fingerprint density at radius 3 is 2.50 bits per heavy atom. The summed E-state index contributed by atoms with van der Waals surface area (Å²) in [4.78, 5) is 36.9. The molecule has 100 valence electrons. The summed E-state index contributed by atoms with van der Waals surface area (Å²) in [7, 11) is 6.62. The Hall–Kier alpha value is -1.89. The number of likely N-dealkylation sites (N-methyl/N-ethyl adjacent to an activating group) is 1. The first-order chi connectivity index (χ1) is 8.34. The number of nitrogens with one attached hydrogen (secondary N) is 1. The monoisotopic (exact) mass is 254 g/mol. The maximum Gasteiger partial charge on any atom is 0.330 e. The molecule has 0 aromatic carbocycles. The van der Waals surface area contributed by atoms with Crippen molar-refractivity contribution in [1.82, 2.24) is 19.4 Å². The number of aromatic nitrogens is 2. The lowest BCUT2D eigenvalue weighted by Crippen LogP contribution is -2.42. The Labute approximate surface area is 105 Å². The van der Waals surface area contributed by atoms with Crippen LogP contribution in [0.4, 0.5) is 0 Å². The fourth-order valence-corrected chi connectivity index (χ4v) is 1.45. The molecule has 7 heteroatoms. The minimum Gasteiger partial charge on any atom is -0.351 e. The highest BCUT2D eigenvalue weighted by Crippen LogP contribution is 1.88. The molecule has 1 aromatic heterocycles. The van der Waals surface area contributed by atoms with Gasteiger partial charge in [-0.2, -0.15) is 0 Å². The van der Waals surface area contributed by atoms with Crippen LogP contribution in [0.3, 0.4) is 0 Å². The zero-order chi connectivity index (χ0) is 13.9. The van der Waals surface area contributed by atoms with Crippen LogP contribution in [0.5, 0.6) is 0 Å². The van der Waals surface area contributed by atoms with Crippen molar-refractivity contribution >= 4 is 5.91 Å². The van der Waals surface area contributed by atoms with Gasteiger partial charge in [-0.15, -0.1) is 0 Å². The molecule has 1 N–H and O–H groups in total. The van der Waals surface area contributed by atoms with Gasteiger partial charge in [0, 0.05) is 33.4 Å². The average Bonchev–Trinajstić information content (AvgIpc) is 2.30. The molecule has 0 aliphatic heterocycles. The molecule has 0 aliphatic rings. The number of rotatable bonds is 4. The second kappa shape index (κ2) is 5.63.